The number of benzene rings is 2. The molecule has 0 atom stereocenters. The fourth-order valence-corrected chi connectivity index (χ4v) is 3.21. The first kappa shape index (κ1) is 14.8. The van der Waals surface area contributed by atoms with Gasteiger partial charge in [0, 0.05) is 11.1 Å². The number of hydrogen-bond donors (Lipinski definition) is 1. The molecule has 0 saturated heterocycles. The van der Waals surface area contributed by atoms with Crippen molar-refractivity contribution in [3.63, 3.8) is 0 Å². The van der Waals surface area contributed by atoms with Gasteiger partial charge in [-0.2, -0.15) is 0 Å². The lowest BCUT2D eigenvalue weighted by Crippen LogP contribution is -2.07. The maximum absolute atomic E-state index is 12.0. The molecule has 1 amide bonds. The minimum atomic E-state index is -0.211. The maximum atomic E-state index is 12.0. The Kier molecular flexibility index (Phi) is 4.22. The van der Waals surface area contributed by atoms with Gasteiger partial charge < -0.3 is 0 Å². The van der Waals surface area contributed by atoms with Crippen LogP contribution >= 0.6 is 22.9 Å². The van der Waals surface area contributed by atoms with E-state index in [0.29, 0.717) is 10.2 Å². The Hall–Kier alpha value is -2.17. The van der Waals surface area contributed by atoms with E-state index in [4.69, 9.17) is 11.6 Å². The van der Waals surface area contributed by atoms with E-state index in [0.717, 1.165) is 21.3 Å². The number of carbonyl (C=O) groups excluding carboxylic acids is 1. The molecule has 0 aliphatic heterocycles. The molecule has 1 heterocycles. The molecule has 0 bridgehead atoms. The molecular formula is C17H13ClN2OS. The number of carbonyl (C=O) groups is 1. The number of nitrogens with zero attached hydrogens (tertiary/aromatic N) is 1. The van der Waals surface area contributed by atoms with Gasteiger partial charge in [0.1, 0.15) is 0 Å². The summed E-state index contributed by atoms with van der Waals surface area (Å²) in [5.74, 6) is -0.211. The van der Waals surface area contributed by atoms with Gasteiger partial charge >= 0.3 is 0 Å². The van der Waals surface area contributed by atoms with Crippen LogP contribution in [0, 0.1) is 6.92 Å². The first-order valence-electron chi connectivity index (χ1n) is 6.72. The van der Waals surface area contributed by atoms with Gasteiger partial charge in [-0.25, -0.2) is 4.98 Å². The van der Waals surface area contributed by atoms with Crippen molar-refractivity contribution >= 4 is 50.3 Å². The Morgan fingerprint density at radius 1 is 1.27 bits per heavy atom. The first-order valence-corrected chi connectivity index (χ1v) is 7.92. The van der Waals surface area contributed by atoms with Crippen LogP contribution in [-0.4, -0.2) is 10.9 Å². The van der Waals surface area contributed by atoms with Crippen LogP contribution in [0.3, 0.4) is 0 Å². The second-order valence-electron chi connectivity index (χ2n) is 4.82. The number of para-hydroxylation sites is 1. The van der Waals surface area contributed by atoms with Crippen molar-refractivity contribution < 1.29 is 4.79 Å². The molecule has 0 aliphatic rings. The number of nitrogens with one attached hydrogen (secondary N) is 1. The molecule has 0 saturated carbocycles. The van der Waals surface area contributed by atoms with Crippen LogP contribution in [0.15, 0.2) is 48.5 Å². The number of amides is 1. The van der Waals surface area contributed by atoms with Crippen LogP contribution in [-0.2, 0) is 4.79 Å². The quantitative estimate of drug-likeness (QED) is 0.694. The SMILES string of the molecule is Cc1cccc2sc(NC(=O)/C=C/c3cccc(Cl)c3)nc12. The molecule has 1 N–H and O–H groups in total. The number of rotatable bonds is 3. The average molecular weight is 329 g/mol. The fraction of sp³-hybridized carbons (Fsp3) is 0.0588. The normalized spacial score (nSPS) is 11.2. The molecule has 3 rings (SSSR count). The molecule has 1 aromatic heterocycles. The summed E-state index contributed by atoms with van der Waals surface area (Å²) in [5.41, 5.74) is 2.91. The first-order chi connectivity index (χ1) is 10.6. The van der Waals surface area contributed by atoms with Crippen molar-refractivity contribution in [3.8, 4) is 0 Å². The largest absolute Gasteiger partial charge is 0.298 e. The molecule has 0 fully saturated rings. The summed E-state index contributed by atoms with van der Waals surface area (Å²) in [7, 11) is 0. The predicted molar refractivity (Wildman–Crippen MR) is 93.5 cm³/mol. The molecule has 0 spiro atoms. The highest BCUT2D eigenvalue weighted by Crippen LogP contribution is 2.27. The van der Waals surface area contributed by atoms with E-state index in [1.54, 1.807) is 18.2 Å². The Morgan fingerprint density at radius 3 is 2.86 bits per heavy atom. The van der Waals surface area contributed by atoms with Gasteiger partial charge in [-0.1, -0.05) is 47.2 Å². The van der Waals surface area contributed by atoms with Crippen molar-refractivity contribution in [1.82, 2.24) is 4.98 Å². The summed E-state index contributed by atoms with van der Waals surface area (Å²) in [6, 6.07) is 13.3. The summed E-state index contributed by atoms with van der Waals surface area (Å²) >= 11 is 7.37. The smallest absolute Gasteiger partial charge is 0.250 e. The Bertz CT molecular complexity index is 870. The summed E-state index contributed by atoms with van der Waals surface area (Å²) < 4.78 is 1.06. The molecule has 3 aromatic rings. The number of hydrogen-bond acceptors (Lipinski definition) is 3. The van der Waals surface area contributed by atoms with E-state index in [9.17, 15) is 4.79 Å². The van der Waals surface area contributed by atoms with Gasteiger partial charge in [-0.15, -0.1) is 0 Å². The zero-order valence-corrected chi connectivity index (χ0v) is 13.4. The van der Waals surface area contributed by atoms with Crippen LogP contribution in [0.1, 0.15) is 11.1 Å². The van der Waals surface area contributed by atoms with E-state index in [1.165, 1.54) is 17.4 Å². The van der Waals surface area contributed by atoms with Crippen molar-refractivity contribution in [2.45, 2.75) is 6.92 Å². The molecule has 0 radical (unpaired) electrons. The summed E-state index contributed by atoms with van der Waals surface area (Å²) in [6.07, 6.45) is 3.20. The highest BCUT2D eigenvalue weighted by atomic mass is 35.5. The number of aryl methyl sites for hydroxylation is 1. The van der Waals surface area contributed by atoms with Crippen LogP contribution in [0.4, 0.5) is 5.13 Å². The second-order valence-corrected chi connectivity index (χ2v) is 6.29. The topological polar surface area (TPSA) is 42.0 Å². The number of halogens is 1. The standard InChI is InChI=1S/C17H13ClN2OS/c1-11-4-2-7-14-16(11)20-17(22-14)19-15(21)9-8-12-5-3-6-13(18)10-12/h2-10H,1H3,(H,19,20,21)/b9-8+. The molecule has 2 aromatic carbocycles. The number of fused-ring (bicyclic) bond motifs is 1. The van der Waals surface area contributed by atoms with Crippen molar-refractivity contribution in [2.75, 3.05) is 5.32 Å². The van der Waals surface area contributed by atoms with E-state index in [1.807, 2.05) is 37.3 Å². The van der Waals surface area contributed by atoms with Gasteiger partial charge in [-0.3, -0.25) is 10.1 Å². The van der Waals surface area contributed by atoms with E-state index in [-0.39, 0.29) is 5.91 Å². The minimum Gasteiger partial charge on any atom is -0.298 e. The summed E-state index contributed by atoms with van der Waals surface area (Å²) in [6.45, 7) is 2.01. The zero-order valence-electron chi connectivity index (χ0n) is 11.8. The molecule has 22 heavy (non-hydrogen) atoms. The van der Waals surface area contributed by atoms with Crippen molar-refractivity contribution in [1.29, 1.82) is 0 Å². The fourth-order valence-electron chi connectivity index (χ4n) is 2.07. The summed E-state index contributed by atoms with van der Waals surface area (Å²) in [4.78, 5) is 16.4. The third-order valence-electron chi connectivity index (χ3n) is 3.13. The molecular weight excluding hydrogens is 316 g/mol. The van der Waals surface area contributed by atoms with E-state index >= 15 is 0 Å². The number of aromatic nitrogens is 1. The third-order valence-corrected chi connectivity index (χ3v) is 4.30. The van der Waals surface area contributed by atoms with Gasteiger partial charge in [0.15, 0.2) is 5.13 Å². The van der Waals surface area contributed by atoms with Crippen LogP contribution in [0.25, 0.3) is 16.3 Å². The Balaban J connectivity index is 1.74. The molecule has 5 heteroatoms. The predicted octanol–water partition coefficient (Wildman–Crippen LogP) is 4.91. The Labute approximate surface area is 137 Å². The van der Waals surface area contributed by atoms with Crippen LogP contribution in [0.5, 0.6) is 0 Å². The number of anilines is 1. The van der Waals surface area contributed by atoms with Crippen molar-refractivity contribution in [2.24, 2.45) is 0 Å². The lowest BCUT2D eigenvalue weighted by molar-refractivity contribution is -0.111. The highest BCUT2D eigenvalue weighted by molar-refractivity contribution is 7.22. The molecule has 110 valence electrons. The van der Waals surface area contributed by atoms with Crippen molar-refractivity contribution in [3.05, 3.63) is 64.7 Å². The molecule has 0 aliphatic carbocycles. The maximum Gasteiger partial charge on any atom is 0.250 e. The van der Waals surface area contributed by atoms with E-state index in [2.05, 4.69) is 10.3 Å². The van der Waals surface area contributed by atoms with Gasteiger partial charge in [0.2, 0.25) is 5.91 Å². The second kappa shape index (κ2) is 6.30. The van der Waals surface area contributed by atoms with Gasteiger partial charge in [0.05, 0.1) is 10.2 Å². The monoisotopic (exact) mass is 328 g/mol. The Morgan fingerprint density at radius 2 is 2.09 bits per heavy atom. The lowest BCUT2D eigenvalue weighted by Gasteiger charge is -1.96. The average Bonchev–Trinajstić information content (AvgIpc) is 2.89. The highest BCUT2D eigenvalue weighted by Gasteiger charge is 2.07. The van der Waals surface area contributed by atoms with E-state index < -0.39 is 0 Å². The van der Waals surface area contributed by atoms with Crippen LogP contribution in [0.2, 0.25) is 5.02 Å². The number of thiazole rings is 1. The van der Waals surface area contributed by atoms with Gasteiger partial charge in [0.25, 0.3) is 0 Å². The lowest BCUT2D eigenvalue weighted by atomic mass is 10.2. The molecule has 0 unspecified atom stereocenters. The van der Waals surface area contributed by atoms with Gasteiger partial charge in [-0.05, 0) is 42.3 Å². The minimum absolute atomic E-state index is 0.211. The summed E-state index contributed by atoms with van der Waals surface area (Å²) in [5, 5.41) is 4.04. The van der Waals surface area contributed by atoms with Crippen LogP contribution < -0.4 is 5.32 Å². The zero-order chi connectivity index (χ0) is 15.5. The third kappa shape index (κ3) is 3.35. The molecule has 3 nitrogen and oxygen atoms in total.